The summed E-state index contributed by atoms with van der Waals surface area (Å²) < 4.78 is 15.7. The number of nitrogens with one attached hydrogen (secondary N) is 1. The normalized spacial score (nSPS) is 16.0. The summed E-state index contributed by atoms with van der Waals surface area (Å²) in [4.78, 5) is 12.1. The quantitative estimate of drug-likeness (QED) is 0.597. The number of carbonyl (C=O) groups is 1. The Hall–Kier alpha value is -1.76. The van der Waals surface area contributed by atoms with Gasteiger partial charge in [0.15, 0.2) is 8.29 Å². The Kier molecular flexibility index (Phi) is 5.22. The van der Waals surface area contributed by atoms with Crippen molar-refractivity contribution in [1.82, 2.24) is 15.1 Å². The van der Waals surface area contributed by atoms with E-state index in [1.807, 2.05) is 0 Å². The van der Waals surface area contributed by atoms with E-state index in [4.69, 9.17) is 12.2 Å². The zero-order valence-corrected chi connectivity index (χ0v) is 15.8. The third kappa shape index (κ3) is 4.26. The Labute approximate surface area is 157 Å². The zero-order chi connectivity index (χ0) is 18.0. The molecule has 0 aliphatic heterocycles. The van der Waals surface area contributed by atoms with Crippen molar-refractivity contribution in [1.29, 1.82) is 5.26 Å². The average molecular weight is 395 g/mol. The summed E-state index contributed by atoms with van der Waals surface area (Å²) in [6.07, 6.45) is 1.95. The maximum Gasteiger partial charge on any atom is 0.231 e. The maximum atomic E-state index is 13.0. The number of amides is 1. The largest absolute Gasteiger partial charge is 0.337 e. The molecular formula is C16H15FN4OS3. The van der Waals surface area contributed by atoms with Gasteiger partial charge in [-0.2, -0.15) is 5.26 Å². The van der Waals surface area contributed by atoms with Crippen LogP contribution in [0.15, 0.2) is 28.6 Å². The van der Waals surface area contributed by atoms with Crippen molar-refractivity contribution in [3.8, 4) is 11.8 Å². The van der Waals surface area contributed by atoms with Crippen molar-refractivity contribution in [3.63, 3.8) is 0 Å². The molecule has 0 spiro atoms. The summed E-state index contributed by atoms with van der Waals surface area (Å²) in [6.45, 7) is 1.76. The van der Waals surface area contributed by atoms with Crippen molar-refractivity contribution in [3.05, 3.63) is 34.0 Å². The van der Waals surface area contributed by atoms with Crippen molar-refractivity contribution in [2.24, 2.45) is 5.92 Å². The molecule has 0 bridgehead atoms. The molecule has 1 aliphatic rings. The van der Waals surface area contributed by atoms with E-state index in [0.29, 0.717) is 14.0 Å². The van der Waals surface area contributed by atoms with E-state index in [1.54, 1.807) is 23.7 Å². The molecule has 1 N–H and O–H groups in total. The van der Waals surface area contributed by atoms with Gasteiger partial charge in [0.05, 0.1) is 17.5 Å². The van der Waals surface area contributed by atoms with E-state index >= 15 is 0 Å². The fourth-order valence-corrected chi connectivity index (χ4v) is 4.56. The smallest absolute Gasteiger partial charge is 0.231 e. The summed E-state index contributed by atoms with van der Waals surface area (Å²) in [7, 11) is 0. The van der Waals surface area contributed by atoms with Crippen LogP contribution in [0.3, 0.4) is 0 Å². The van der Waals surface area contributed by atoms with Gasteiger partial charge in [-0.1, -0.05) is 23.1 Å². The van der Waals surface area contributed by atoms with Gasteiger partial charge >= 0.3 is 0 Å². The molecule has 1 aliphatic carbocycles. The Morgan fingerprint density at radius 3 is 2.84 bits per heavy atom. The summed E-state index contributed by atoms with van der Waals surface area (Å²) in [5, 5.41) is 16.5. The van der Waals surface area contributed by atoms with Gasteiger partial charge in [-0.25, -0.2) is 9.07 Å². The number of rotatable bonds is 6. The molecule has 0 radical (unpaired) electrons. The average Bonchev–Trinajstić information content (AvgIpc) is 3.38. The van der Waals surface area contributed by atoms with Gasteiger partial charge in [-0.05, 0) is 62.2 Å². The number of halogens is 1. The number of benzene rings is 1. The van der Waals surface area contributed by atoms with Crippen molar-refractivity contribution >= 4 is 41.2 Å². The second kappa shape index (κ2) is 7.23. The van der Waals surface area contributed by atoms with Gasteiger partial charge in [0.1, 0.15) is 11.4 Å². The van der Waals surface area contributed by atoms with Crippen LogP contribution in [0.4, 0.5) is 4.39 Å². The SMILES string of the molecule is C[C@](C#N)(NC(=O)CSc1nn(-c2ccc(F)cc2)c(=S)s1)C1CC1. The first-order valence-corrected chi connectivity index (χ1v) is 9.83. The van der Waals surface area contributed by atoms with Gasteiger partial charge in [0.2, 0.25) is 5.91 Å². The van der Waals surface area contributed by atoms with Crippen LogP contribution in [0.2, 0.25) is 0 Å². The molecule has 1 aromatic heterocycles. The van der Waals surface area contributed by atoms with Crippen molar-refractivity contribution in [2.45, 2.75) is 29.6 Å². The molecule has 130 valence electrons. The Morgan fingerprint density at radius 1 is 1.56 bits per heavy atom. The first-order chi connectivity index (χ1) is 11.9. The molecule has 1 heterocycles. The van der Waals surface area contributed by atoms with Gasteiger partial charge in [-0.15, -0.1) is 5.10 Å². The lowest BCUT2D eigenvalue weighted by Gasteiger charge is -2.22. The Morgan fingerprint density at radius 2 is 2.24 bits per heavy atom. The van der Waals surface area contributed by atoms with Gasteiger partial charge < -0.3 is 5.32 Å². The van der Waals surface area contributed by atoms with E-state index in [2.05, 4.69) is 16.5 Å². The van der Waals surface area contributed by atoms with E-state index in [9.17, 15) is 14.4 Å². The van der Waals surface area contributed by atoms with Crippen molar-refractivity contribution in [2.75, 3.05) is 5.75 Å². The molecule has 1 amide bonds. The second-order valence-corrected chi connectivity index (χ2v) is 8.79. The molecule has 9 heteroatoms. The molecule has 1 fully saturated rings. The third-order valence-corrected chi connectivity index (χ3v) is 6.32. The number of hydrogen-bond donors (Lipinski definition) is 1. The fourth-order valence-electron chi connectivity index (χ4n) is 2.40. The number of carbonyl (C=O) groups excluding carboxylic acids is 1. The van der Waals surface area contributed by atoms with E-state index in [-0.39, 0.29) is 23.4 Å². The molecule has 2 aromatic rings. The van der Waals surface area contributed by atoms with Gasteiger partial charge in [0, 0.05) is 0 Å². The second-order valence-electron chi connectivity index (χ2n) is 5.95. The monoisotopic (exact) mass is 394 g/mol. The molecular weight excluding hydrogens is 379 g/mol. The van der Waals surface area contributed by atoms with E-state index < -0.39 is 5.54 Å². The lowest BCUT2D eigenvalue weighted by Crippen LogP contribution is -2.47. The first-order valence-electron chi connectivity index (χ1n) is 7.62. The highest BCUT2D eigenvalue weighted by Gasteiger charge is 2.42. The number of thioether (sulfide) groups is 1. The molecule has 25 heavy (non-hydrogen) atoms. The number of hydrogen-bond acceptors (Lipinski definition) is 6. The highest BCUT2D eigenvalue weighted by Crippen LogP contribution is 2.39. The molecule has 1 aromatic carbocycles. The van der Waals surface area contributed by atoms with Crippen LogP contribution in [-0.4, -0.2) is 27.0 Å². The summed E-state index contributed by atoms with van der Waals surface area (Å²) >= 11 is 7.84. The molecule has 0 saturated heterocycles. The third-order valence-electron chi connectivity index (χ3n) is 3.95. The lowest BCUT2D eigenvalue weighted by molar-refractivity contribution is -0.119. The molecule has 3 rings (SSSR count). The molecule has 0 unspecified atom stereocenters. The van der Waals surface area contributed by atoms with Crippen molar-refractivity contribution < 1.29 is 9.18 Å². The van der Waals surface area contributed by atoms with Crippen LogP contribution in [-0.2, 0) is 4.79 Å². The molecule has 1 atom stereocenters. The topological polar surface area (TPSA) is 70.7 Å². The predicted octanol–water partition coefficient (Wildman–Crippen LogP) is 3.70. The maximum absolute atomic E-state index is 13.0. The number of nitriles is 1. The van der Waals surface area contributed by atoms with Gasteiger partial charge in [-0.3, -0.25) is 4.79 Å². The van der Waals surface area contributed by atoms with E-state index in [0.717, 1.165) is 12.8 Å². The molecule has 5 nitrogen and oxygen atoms in total. The standard InChI is InChI=1S/C16H15FN4OS3/c1-16(9-18,10-2-3-10)19-13(22)8-24-14-20-21(15(23)25-14)12-6-4-11(17)5-7-12/h4-7,10H,2-3,8H2,1H3,(H,19,22)/t16-/m1/s1. The minimum absolute atomic E-state index is 0.162. The first kappa shape index (κ1) is 18.0. The minimum atomic E-state index is -0.794. The summed E-state index contributed by atoms with van der Waals surface area (Å²) in [5.41, 5.74) is -0.123. The van der Waals surface area contributed by atoms with Crippen LogP contribution >= 0.6 is 35.3 Å². The van der Waals surface area contributed by atoms with Gasteiger partial charge in [0.25, 0.3) is 0 Å². The fraction of sp³-hybridized carbons (Fsp3) is 0.375. The summed E-state index contributed by atoms with van der Waals surface area (Å²) in [6, 6.07) is 8.09. The Balaban J connectivity index is 1.63. The Bertz CT molecular complexity index is 882. The van der Waals surface area contributed by atoms with E-state index in [1.165, 1.54) is 35.2 Å². The number of nitrogens with zero attached hydrogens (tertiary/aromatic N) is 3. The minimum Gasteiger partial charge on any atom is -0.337 e. The highest BCUT2D eigenvalue weighted by atomic mass is 32.2. The van der Waals surface area contributed by atoms with Crippen LogP contribution in [0.1, 0.15) is 19.8 Å². The van der Waals surface area contributed by atoms with Crippen LogP contribution in [0, 0.1) is 27.0 Å². The summed E-state index contributed by atoms with van der Waals surface area (Å²) in [5.74, 6) is -0.120. The van der Waals surface area contributed by atoms with Crippen LogP contribution < -0.4 is 5.32 Å². The van der Waals surface area contributed by atoms with Crippen LogP contribution in [0.25, 0.3) is 5.69 Å². The number of aromatic nitrogens is 2. The lowest BCUT2D eigenvalue weighted by atomic mass is 9.98. The molecule has 1 saturated carbocycles. The predicted molar refractivity (Wildman–Crippen MR) is 97.8 cm³/mol. The zero-order valence-electron chi connectivity index (χ0n) is 13.4. The highest BCUT2D eigenvalue weighted by molar-refractivity contribution is 8.01. The van der Waals surface area contributed by atoms with Crippen LogP contribution in [0.5, 0.6) is 0 Å².